The van der Waals surface area contributed by atoms with Crippen molar-refractivity contribution in [3.8, 4) is 55.6 Å². The molecule has 0 N–H and O–H groups in total. The second-order valence-electron chi connectivity index (χ2n) is 13.6. The highest BCUT2D eigenvalue weighted by Gasteiger charge is 2.18. The van der Waals surface area contributed by atoms with Gasteiger partial charge >= 0.3 is 0 Å². The Hall–Kier alpha value is -6.76. The third kappa shape index (κ3) is 5.08. The van der Waals surface area contributed by atoms with Crippen LogP contribution in [0.25, 0.3) is 98.7 Å². The molecule has 0 bridgehead atoms. The van der Waals surface area contributed by atoms with Crippen LogP contribution in [-0.4, -0.2) is 0 Å². The Morgan fingerprint density at radius 3 is 1.35 bits per heavy atom. The first-order chi connectivity index (χ1) is 25.8. The van der Waals surface area contributed by atoms with Crippen LogP contribution in [0.3, 0.4) is 0 Å². The Kier molecular flexibility index (Phi) is 7.25. The predicted octanol–water partition coefficient (Wildman–Crippen LogP) is 14.6. The van der Waals surface area contributed by atoms with Gasteiger partial charge in [0.15, 0.2) is 0 Å². The summed E-state index contributed by atoms with van der Waals surface area (Å²) in [5, 5.41) is 10.1. The second-order valence-corrected chi connectivity index (χ2v) is 13.6. The van der Waals surface area contributed by atoms with E-state index in [-0.39, 0.29) is 0 Å². The summed E-state index contributed by atoms with van der Waals surface area (Å²) in [5.74, 6) is 0. The van der Waals surface area contributed by atoms with Crippen LogP contribution in [0.15, 0.2) is 206 Å². The third-order valence-electron chi connectivity index (χ3n) is 10.6. The van der Waals surface area contributed by atoms with Gasteiger partial charge in [-0.05, 0) is 117 Å². The molecule has 52 heavy (non-hydrogen) atoms. The van der Waals surface area contributed by atoms with Crippen molar-refractivity contribution >= 4 is 43.1 Å². The summed E-state index contributed by atoms with van der Waals surface area (Å²) in [6.45, 7) is 0. The standard InChI is InChI=1S/C52H34/c1-3-14-35(15-4-1)39-28-30-45-41(32-39)29-31-44(50(45)37-17-5-2-6-18-37)40-20-13-21-42(34-40)51-46-22-9-11-24-48(46)52(49-25-12-10-23-47(49)51)43-27-26-36-16-7-8-19-38(36)33-43/h1-34H. The molecule has 0 spiro atoms. The second kappa shape index (κ2) is 12.5. The summed E-state index contributed by atoms with van der Waals surface area (Å²) >= 11 is 0. The summed E-state index contributed by atoms with van der Waals surface area (Å²) in [7, 11) is 0. The topological polar surface area (TPSA) is 0 Å². The lowest BCUT2D eigenvalue weighted by molar-refractivity contribution is 1.59. The molecule has 0 aliphatic rings. The molecule has 10 rings (SSSR count). The SMILES string of the molecule is c1ccc(-c2ccc3c(-c4ccccc4)c(-c4cccc(-c5c6ccccc6c(-c6ccc7ccccc7c6)c6ccccc56)c4)ccc3c2)cc1. The van der Waals surface area contributed by atoms with Crippen LogP contribution >= 0.6 is 0 Å². The normalized spacial score (nSPS) is 11.5. The van der Waals surface area contributed by atoms with Gasteiger partial charge in [0.2, 0.25) is 0 Å². The van der Waals surface area contributed by atoms with Crippen molar-refractivity contribution < 1.29 is 0 Å². The average Bonchev–Trinajstić information content (AvgIpc) is 3.22. The molecule has 0 heterocycles. The first kappa shape index (κ1) is 30.1. The number of benzene rings is 10. The zero-order chi connectivity index (χ0) is 34.4. The van der Waals surface area contributed by atoms with Crippen LogP contribution in [-0.2, 0) is 0 Å². The van der Waals surface area contributed by atoms with E-state index in [4.69, 9.17) is 0 Å². The molecule has 0 aromatic heterocycles. The zero-order valence-corrected chi connectivity index (χ0v) is 28.6. The largest absolute Gasteiger partial charge is 0.0622 e. The van der Waals surface area contributed by atoms with Crippen LogP contribution in [0.4, 0.5) is 0 Å². The number of hydrogen-bond donors (Lipinski definition) is 0. The van der Waals surface area contributed by atoms with Crippen molar-refractivity contribution in [2.75, 3.05) is 0 Å². The lowest BCUT2D eigenvalue weighted by Gasteiger charge is -2.19. The van der Waals surface area contributed by atoms with Crippen molar-refractivity contribution in [2.45, 2.75) is 0 Å². The molecule has 10 aromatic rings. The van der Waals surface area contributed by atoms with Gasteiger partial charge in [0.25, 0.3) is 0 Å². The van der Waals surface area contributed by atoms with Crippen molar-refractivity contribution in [3.63, 3.8) is 0 Å². The summed E-state index contributed by atoms with van der Waals surface area (Å²) in [4.78, 5) is 0. The maximum absolute atomic E-state index is 2.40. The van der Waals surface area contributed by atoms with Gasteiger partial charge in [0.05, 0.1) is 0 Å². The Balaban J connectivity index is 1.19. The minimum absolute atomic E-state index is 1.21. The fraction of sp³-hybridized carbons (Fsp3) is 0. The molecular formula is C52H34. The maximum Gasteiger partial charge on any atom is -0.00262 e. The molecule has 0 saturated heterocycles. The van der Waals surface area contributed by atoms with Gasteiger partial charge in [-0.1, -0.05) is 188 Å². The predicted molar refractivity (Wildman–Crippen MR) is 224 cm³/mol. The molecule has 0 nitrogen and oxygen atoms in total. The zero-order valence-electron chi connectivity index (χ0n) is 28.6. The summed E-state index contributed by atoms with van der Waals surface area (Å²) in [6, 6.07) is 75.6. The van der Waals surface area contributed by atoms with Gasteiger partial charge in [-0.3, -0.25) is 0 Å². The minimum Gasteiger partial charge on any atom is -0.0622 e. The van der Waals surface area contributed by atoms with Gasteiger partial charge in [-0.2, -0.15) is 0 Å². The molecule has 10 aromatic carbocycles. The Labute approximate surface area is 303 Å². The molecule has 0 atom stereocenters. The summed E-state index contributed by atoms with van der Waals surface area (Å²) in [6.07, 6.45) is 0. The molecular weight excluding hydrogens is 625 g/mol. The van der Waals surface area contributed by atoms with Crippen molar-refractivity contribution in [1.82, 2.24) is 0 Å². The molecule has 242 valence electrons. The fourth-order valence-electron chi connectivity index (χ4n) is 8.23. The maximum atomic E-state index is 2.40. The average molecular weight is 659 g/mol. The summed E-state index contributed by atoms with van der Waals surface area (Å²) < 4.78 is 0. The van der Waals surface area contributed by atoms with Gasteiger partial charge in [-0.25, -0.2) is 0 Å². The highest BCUT2D eigenvalue weighted by Crippen LogP contribution is 2.46. The van der Waals surface area contributed by atoms with Crippen molar-refractivity contribution in [2.24, 2.45) is 0 Å². The lowest BCUT2D eigenvalue weighted by atomic mass is 9.84. The smallest absolute Gasteiger partial charge is 0.00262 e. The van der Waals surface area contributed by atoms with Crippen molar-refractivity contribution in [3.05, 3.63) is 206 Å². The van der Waals surface area contributed by atoms with Crippen LogP contribution in [0.2, 0.25) is 0 Å². The van der Waals surface area contributed by atoms with Crippen LogP contribution in [0.1, 0.15) is 0 Å². The van der Waals surface area contributed by atoms with E-state index in [9.17, 15) is 0 Å². The van der Waals surface area contributed by atoms with Gasteiger partial charge in [-0.15, -0.1) is 0 Å². The van der Waals surface area contributed by atoms with E-state index < -0.39 is 0 Å². The Morgan fingerprint density at radius 2 is 0.673 bits per heavy atom. The fourth-order valence-corrected chi connectivity index (χ4v) is 8.23. The summed E-state index contributed by atoms with van der Waals surface area (Å²) in [5.41, 5.74) is 12.4. The van der Waals surface area contributed by atoms with E-state index in [1.165, 1.54) is 98.7 Å². The molecule has 0 saturated carbocycles. The quantitative estimate of drug-likeness (QED) is 0.161. The van der Waals surface area contributed by atoms with E-state index >= 15 is 0 Å². The molecule has 0 amide bonds. The molecule has 0 unspecified atom stereocenters. The van der Waals surface area contributed by atoms with Crippen LogP contribution < -0.4 is 0 Å². The molecule has 0 radical (unpaired) electrons. The molecule has 0 aliphatic heterocycles. The van der Waals surface area contributed by atoms with E-state index in [0.717, 1.165) is 0 Å². The molecule has 0 fully saturated rings. The minimum atomic E-state index is 1.21. The van der Waals surface area contributed by atoms with E-state index in [2.05, 4.69) is 206 Å². The van der Waals surface area contributed by atoms with E-state index in [1.807, 2.05) is 0 Å². The van der Waals surface area contributed by atoms with Gasteiger partial charge < -0.3 is 0 Å². The molecule has 0 heteroatoms. The highest BCUT2D eigenvalue weighted by molar-refractivity contribution is 6.22. The van der Waals surface area contributed by atoms with E-state index in [1.54, 1.807) is 0 Å². The van der Waals surface area contributed by atoms with E-state index in [0.29, 0.717) is 0 Å². The Bertz CT molecular complexity index is 2880. The monoisotopic (exact) mass is 658 g/mol. The van der Waals surface area contributed by atoms with Gasteiger partial charge in [0.1, 0.15) is 0 Å². The number of hydrogen-bond acceptors (Lipinski definition) is 0. The van der Waals surface area contributed by atoms with Crippen LogP contribution in [0.5, 0.6) is 0 Å². The van der Waals surface area contributed by atoms with Gasteiger partial charge in [0, 0.05) is 0 Å². The van der Waals surface area contributed by atoms with Crippen LogP contribution in [0, 0.1) is 0 Å². The first-order valence-electron chi connectivity index (χ1n) is 18.0. The van der Waals surface area contributed by atoms with Crippen molar-refractivity contribution in [1.29, 1.82) is 0 Å². The number of fused-ring (bicyclic) bond motifs is 4. The number of rotatable bonds is 5. The third-order valence-corrected chi connectivity index (χ3v) is 10.6. The first-order valence-corrected chi connectivity index (χ1v) is 18.0. The molecule has 0 aliphatic carbocycles. The highest BCUT2D eigenvalue weighted by atomic mass is 14.2. The lowest BCUT2D eigenvalue weighted by Crippen LogP contribution is -1.92. The Morgan fingerprint density at radius 1 is 0.192 bits per heavy atom.